The highest BCUT2D eigenvalue weighted by molar-refractivity contribution is 7.99. The Balaban J connectivity index is 2.60. The van der Waals surface area contributed by atoms with Gasteiger partial charge in [-0.2, -0.15) is 0 Å². The molecule has 0 aliphatic carbocycles. The number of pyridine rings is 1. The summed E-state index contributed by atoms with van der Waals surface area (Å²) in [5, 5.41) is 9.24. The normalized spacial score (nSPS) is 9.60. The van der Waals surface area contributed by atoms with Crippen LogP contribution in [-0.4, -0.2) is 27.6 Å². The van der Waals surface area contributed by atoms with E-state index in [1.54, 1.807) is 6.07 Å². The molecule has 0 saturated carbocycles. The number of nitrogens with zero attached hydrogens (tertiary/aromatic N) is 1. The average molecular weight is 223 g/mol. The van der Waals surface area contributed by atoms with Crippen LogP contribution in [0.25, 0.3) is 0 Å². The van der Waals surface area contributed by atoms with Crippen LogP contribution >= 0.6 is 11.8 Å². The van der Waals surface area contributed by atoms with Crippen molar-refractivity contribution < 1.29 is 14.7 Å². The van der Waals surface area contributed by atoms with Crippen molar-refractivity contribution in [3.05, 3.63) is 36.5 Å². The lowest BCUT2D eigenvalue weighted by Gasteiger charge is -1.98. The van der Waals surface area contributed by atoms with Crippen molar-refractivity contribution in [2.45, 2.75) is 5.03 Å². The molecule has 1 aromatic rings. The lowest BCUT2D eigenvalue weighted by Crippen LogP contribution is -1.98. The van der Waals surface area contributed by atoms with Crippen LogP contribution in [0.1, 0.15) is 10.4 Å². The van der Waals surface area contributed by atoms with Crippen LogP contribution in [0.5, 0.6) is 0 Å². The van der Waals surface area contributed by atoms with E-state index in [1.807, 2.05) is 0 Å². The van der Waals surface area contributed by atoms with Crippen molar-refractivity contribution in [3.63, 3.8) is 0 Å². The van der Waals surface area contributed by atoms with Gasteiger partial charge in [-0.05, 0) is 18.2 Å². The third-order valence-electron chi connectivity index (χ3n) is 1.57. The van der Waals surface area contributed by atoms with E-state index in [0.29, 0.717) is 5.03 Å². The molecule has 0 spiro atoms. The average Bonchev–Trinajstić information content (AvgIpc) is 2.26. The van der Waals surface area contributed by atoms with Crippen LogP contribution in [0.2, 0.25) is 0 Å². The number of aromatic carboxylic acids is 1. The molecule has 0 atom stereocenters. The maximum absolute atomic E-state index is 10.9. The zero-order chi connectivity index (χ0) is 11.3. The van der Waals surface area contributed by atoms with E-state index >= 15 is 0 Å². The summed E-state index contributed by atoms with van der Waals surface area (Å²) in [6, 6.07) is 3.03. The SMILES string of the molecule is C=CC(=O)CSc1ccc(C(=O)O)cn1. The first kappa shape index (κ1) is 11.5. The first-order valence-electron chi connectivity index (χ1n) is 4.11. The summed E-state index contributed by atoms with van der Waals surface area (Å²) < 4.78 is 0. The highest BCUT2D eigenvalue weighted by atomic mass is 32.2. The third kappa shape index (κ3) is 3.55. The number of aromatic nitrogens is 1. The molecule has 0 unspecified atom stereocenters. The van der Waals surface area contributed by atoms with Crippen molar-refractivity contribution in [3.8, 4) is 0 Å². The van der Waals surface area contributed by atoms with Crippen molar-refractivity contribution >= 4 is 23.5 Å². The largest absolute Gasteiger partial charge is 0.478 e. The number of carboxylic acids is 1. The Labute approximate surface area is 91.0 Å². The van der Waals surface area contributed by atoms with Gasteiger partial charge in [0.1, 0.15) is 0 Å². The summed E-state index contributed by atoms with van der Waals surface area (Å²) in [5.74, 6) is -0.826. The second-order valence-electron chi connectivity index (χ2n) is 2.65. The Kier molecular flexibility index (Phi) is 4.05. The van der Waals surface area contributed by atoms with Gasteiger partial charge in [-0.15, -0.1) is 0 Å². The van der Waals surface area contributed by atoms with Gasteiger partial charge in [0.05, 0.1) is 16.3 Å². The number of hydrogen-bond donors (Lipinski definition) is 1. The fourth-order valence-electron chi connectivity index (χ4n) is 0.796. The van der Waals surface area contributed by atoms with E-state index in [2.05, 4.69) is 11.6 Å². The number of carbonyl (C=O) groups excluding carboxylic acids is 1. The number of rotatable bonds is 5. The number of ketones is 1. The zero-order valence-corrected chi connectivity index (χ0v) is 8.66. The lowest BCUT2D eigenvalue weighted by atomic mass is 10.3. The van der Waals surface area contributed by atoms with Gasteiger partial charge < -0.3 is 5.11 Å². The summed E-state index contributed by atoms with van der Waals surface area (Å²) >= 11 is 1.25. The molecule has 0 aliphatic rings. The molecule has 0 aliphatic heterocycles. The fraction of sp³-hybridized carbons (Fsp3) is 0.100. The van der Waals surface area contributed by atoms with E-state index < -0.39 is 5.97 Å². The molecule has 0 bridgehead atoms. The fourth-order valence-corrected chi connectivity index (χ4v) is 1.50. The Hall–Kier alpha value is -1.62. The Morgan fingerprint density at radius 1 is 1.53 bits per heavy atom. The minimum atomic E-state index is -1.01. The second kappa shape index (κ2) is 5.31. The smallest absolute Gasteiger partial charge is 0.337 e. The van der Waals surface area contributed by atoms with Crippen LogP contribution < -0.4 is 0 Å². The van der Waals surface area contributed by atoms with E-state index in [0.717, 1.165) is 0 Å². The molecular weight excluding hydrogens is 214 g/mol. The van der Waals surface area contributed by atoms with Crippen molar-refractivity contribution in [1.29, 1.82) is 0 Å². The number of hydrogen-bond acceptors (Lipinski definition) is 4. The van der Waals surface area contributed by atoms with Gasteiger partial charge in [0, 0.05) is 6.20 Å². The molecule has 0 radical (unpaired) electrons. The highest BCUT2D eigenvalue weighted by Gasteiger charge is 2.04. The minimum Gasteiger partial charge on any atom is -0.478 e. The molecular formula is C10H9NO3S. The maximum Gasteiger partial charge on any atom is 0.337 e. The molecule has 78 valence electrons. The first-order valence-corrected chi connectivity index (χ1v) is 5.09. The van der Waals surface area contributed by atoms with Gasteiger partial charge in [-0.3, -0.25) is 4.79 Å². The molecule has 1 rings (SSSR count). The van der Waals surface area contributed by atoms with Crippen LogP contribution in [0.4, 0.5) is 0 Å². The number of carbonyl (C=O) groups is 2. The number of thioether (sulfide) groups is 1. The van der Waals surface area contributed by atoms with Crippen LogP contribution in [-0.2, 0) is 4.79 Å². The molecule has 0 fully saturated rings. The standard InChI is InChI=1S/C10H9NO3S/c1-2-8(12)6-15-9-4-3-7(5-11-9)10(13)14/h2-5H,1,6H2,(H,13,14). The molecule has 5 heteroatoms. The van der Waals surface area contributed by atoms with Gasteiger partial charge in [0.15, 0.2) is 5.78 Å². The van der Waals surface area contributed by atoms with Crippen molar-refractivity contribution in [2.24, 2.45) is 0 Å². The lowest BCUT2D eigenvalue weighted by molar-refractivity contribution is -0.112. The predicted octanol–water partition coefficient (Wildman–Crippen LogP) is 1.63. The van der Waals surface area contributed by atoms with E-state index in [4.69, 9.17) is 5.11 Å². The molecule has 0 aromatic carbocycles. The Morgan fingerprint density at radius 3 is 2.73 bits per heavy atom. The van der Waals surface area contributed by atoms with Gasteiger partial charge in [0.2, 0.25) is 0 Å². The van der Waals surface area contributed by atoms with Crippen LogP contribution in [0, 0.1) is 0 Å². The summed E-state index contributed by atoms with van der Waals surface area (Å²) in [6.45, 7) is 3.35. The van der Waals surface area contributed by atoms with Crippen LogP contribution in [0.3, 0.4) is 0 Å². The monoisotopic (exact) mass is 223 g/mol. The number of allylic oxidation sites excluding steroid dienone is 1. The molecule has 1 aromatic heterocycles. The molecule has 0 saturated heterocycles. The van der Waals surface area contributed by atoms with Gasteiger partial charge in [0.25, 0.3) is 0 Å². The first-order chi connectivity index (χ1) is 7.13. The van der Waals surface area contributed by atoms with Gasteiger partial charge >= 0.3 is 5.97 Å². The Morgan fingerprint density at radius 2 is 2.27 bits per heavy atom. The summed E-state index contributed by atoms with van der Waals surface area (Å²) in [6.07, 6.45) is 2.52. The summed E-state index contributed by atoms with van der Waals surface area (Å²) in [7, 11) is 0. The van der Waals surface area contributed by atoms with Crippen molar-refractivity contribution in [1.82, 2.24) is 4.98 Å². The third-order valence-corrected chi connectivity index (χ3v) is 2.54. The van der Waals surface area contributed by atoms with E-state index in [1.165, 1.54) is 30.1 Å². The topological polar surface area (TPSA) is 67.3 Å². The maximum atomic E-state index is 10.9. The molecule has 1 heterocycles. The van der Waals surface area contributed by atoms with Gasteiger partial charge in [-0.1, -0.05) is 18.3 Å². The molecule has 15 heavy (non-hydrogen) atoms. The highest BCUT2D eigenvalue weighted by Crippen LogP contribution is 2.15. The molecule has 1 N–H and O–H groups in total. The Bertz CT molecular complexity index is 386. The van der Waals surface area contributed by atoms with Crippen LogP contribution in [0.15, 0.2) is 36.0 Å². The number of carboxylic acid groups (broad SMARTS) is 1. The summed E-state index contributed by atoms with van der Waals surface area (Å²) in [4.78, 5) is 25.3. The molecule has 0 amide bonds. The summed E-state index contributed by atoms with van der Waals surface area (Å²) in [5.41, 5.74) is 0.134. The zero-order valence-electron chi connectivity index (χ0n) is 7.84. The van der Waals surface area contributed by atoms with Gasteiger partial charge in [-0.25, -0.2) is 9.78 Å². The van der Waals surface area contributed by atoms with Crippen molar-refractivity contribution in [2.75, 3.05) is 5.75 Å². The van der Waals surface area contributed by atoms with E-state index in [9.17, 15) is 9.59 Å². The second-order valence-corrected chi connectivity index (χ2v) is 3.65. The quantitative estimate of drug-likeness (QED) is 0.607. The molecule has 4 nitrogen and oxygen atoms in total. The minimum absolute atomic E-state index is 0.0795. The predicted molar refractivity (Wildman–Crippen MR) is 57.1 cm³/mol. The van der Waals surface area contributed by atoms with E-state index in [-0.39, 0.29) is 17.1 Å².